The fourth-order valence-corrected chi connectivity index (χ4v) is 4.09. The van der Waals surface area contributed by atoms with Crippen LogP contribution in [0.2, 0.25) is 0 Å². The molecule has 35 heavy (non-hydrogen) atoms. The molecular weight excluding hydrogens is 440 g/mol. The molecule has 3 rings (SSSR count). The molecule has 0 aromatic heterocycles. The monoisotopic (exact) mass is 466 g/mol. The highest BCUT2D eigenvalue weighted by Gasteiger charge is 2.41. The van der Waals surface area contributed by atoms with E-state index in [2.05, 4.69) is 16.4 Å². The van der Waals surface area contributed by atoms with Crippen LogP contribution < -0.4 is 5.32 Å². The summed E-state index contributed by atoms with van der Waals surface area (Å²) in [6.45, 7) is 3.70. The zero-order valence-electron chi connectivity index (χ0n) is 19.7. The summed E-state index contributed by atoms with van der Waals surface area (Å²) in [6.07, 6.45) is 3.83. The second-order valence-corrected chi connectivity index (χ2v) is 8.04. The third-order valence-electron chi connectivity index (χ3n) is 5.65. The molecule has 7 nitrogen and oxygen atoms in total. The summed E-state index contributed by atoms with van der Waals surface area (Å²) in [5.41, 5.74) is 3.44. The van der Waals surface area contributed by atoms with Gasteiger partial charge in [-0.05, 0) is 37.1 Å². The SMILES string of the molecule is CC1=NC(C)=C(C(=O)NCC=Cc2ccccc2)C(c2cccc(C#N)c2)C1C(=O)OCCC#N. The van der Waals surface area contributed by atoms with Gasteiger partial charge in [-0.1, -0.05) is 54.6 Å². The molecule has 7 heteroatoms. The van der Waals surface area contributed by atoms with Crippen molar-refractivity contribution in [3.63, 3.8) is 0 Å². The predicted molar refractivity (Wildman–Crippen MR) is 133 cm³/mol. The number of nitrogens with zero attached hydrogens (tertiary/aromatic N) is 3. The standard InChI is InChI=1S/C28H26N4O3/c1-19-24(27(33)31-15-7-12-21-9-4-3-5-10-21)26(23-13-6-11-22(17-23)18-30)25(20(2)32-19)28(34)35-16-8-14-29/h3-7,9-13,17,25-26H,8,15-16H2,1-2H3,(H,31,33). The number of amides is 1. The van der Waals surface area contributed by atoms with Crippen molar-refractivity contribution in [1.29, 1.82) is 10.5 Å². The van der Waals surface area contributed by atoms with E-state index in [1.54, 1.807) is 38.1 Å². The number of carbonyl (C=O) groups excluding carboxylic acids is 2. The highest BCUT2D eigenvalue weighted by molar-refractivity contribution is 6.08. The Balaban J connectivity index is 1.92. The predicted octanol–water partition coefficient (Wildman–Crippen LogP) is 4.29. The summed E-state index contributed by atoms with van der Waals surface area (Å²) in [4.78, 5) is 30.9. The van der Waals surface area contributed by atoms with Gasteiger partial charge in [0.25, 0.3) is 0 Å². The number of hydrogen-bond acceptors (Lipinski definition) is 6. The number of nitrogens with one attached hydrogen (secondary N) is 1. The van der Waals surface area contributed by atoms with Crippen LogP contribution in [0.5, 0.6) is 0 Å². The summed E-state index contributed by atoms with van der Waals surface area (Å²) in [5.74, 6) is -2.45. The van der Waals surface area contributed by atoms with Crippen LogP contribution in [0.15, 0.2) is 76.9 Å². The lowest BCUT2D eigenvalue weighted by Gasteiger charge is -2.32. The van der Waals surface area contributed by atoms with Gasteiger partial charge >= 0.3 is 5.97 Å². The van der Waals surface area contributed by atoms with E-state index < -0.39 is 17.8 Å². The van der Waals surface area contributed by atoms with Crippen LogP contribution in [-0.2, 0) is 14.3 Å². The zero-order chi connectivity index (χ0) is 25.2. The first-order valence-corrected chi connectivity index (χ1v) is 11.3. The molecule has 0 radical (unpaired) electrons. The summed E-state index contributed by atoms with van der Waals surface area (Å²) < 4.78 is 5.34. The van der Waals surface area contributed by atoms with E-state index in [1.807, 2.05) is 48.6 Å². The first-order chi connectivity index (χ1) is 17.0. The maximum Gasteiger partial charge on any atom is 0.315 e. The van der Waals surface area contributed by atoms with E-state index in [0.29, 0.717) is 28.1 Å². The fourth-order valence-electron chi connectivity index (χ4n) is 4.09. The molecule has 176 valence electrons. The number of rotatable bonds is 8. The number of esters is 1. The van der Waals surface area contributed by atoms with Crippen molar-refractivity contribution in [1.82, 2.24) is 5.32 Å². The first kappa shape index (κ1) is 25.1. The zero-order valence-corrected chi connectivity index (χ0v) is 19.7. The molecule has 0 aliphatic carbocycles. The minimum absolute atomic E-state index is 0.0431. The lowest BCUT2D eigenvalue weighted by Crippen LogP contribution is -2.39. The Morgan fingerprint density at radius 2 is 1.89 bits per heavy atom. The molecule has 2 aromatic carbocycles. The Hall–Kier alpha value is -4.49. The third kappa shape index (κ3) is 6.31. The van der Waals surface area contributed by atoms with Crippen LogP contribution in [0.4, 0.5) is 0 Å². The Morgan fingerprint density at radius 1 is 1.11 bits per heavy atom. The van der Waals surface area contributed by atoms with E-state index in [1.165, 1.54) is 0 Å². The number of nitriles is 2. The molecular formula is C28H26N4O3. The smallest absolute Gasteiger partial charge is 0.315 e. The second kappa shape index (κ2) is 12.1. The lowest BCUT2D eigenvalue weighted by molar-refractivity contribution is -0.146. The van der Waals surface area contributed by atoms with Gasteiger partial charge in [-0.3, -0.25) is 14.6 Å². The molecule has 0 saturated heterocycles. The van der Waals surface area contributed by atoms with Crippen molar-refractivity contribution in [2.75, 3.05) is 13.2 Å². The largest absolute Gasteiger partial charge is 0.464 e. The molecule has 1 N–H and O–H groups in total. The van der Waals surface area contributed by atoms with Gasteiger partial charge < -0.3 is 10.1 Å². The van der Waals surface area contributed by atoms with Crippen molar-refractivity contribution in [2.45, 2.75) is 26.2 Å². The highest BCUT2D eigenvalue weighted by atomic mass is 16.5. The van der Waals surface area contributed by atoms with Crippen molar-refractivity contribution in [3.05, 3.63) is 88.6 Å². The highest BCUT2D eigenvalue weighted by Crippen LogP contribution is 2.39. The number of hydrogen-bond donors (Lipinski definition) is 1. The fraction of sp³-hybridized carbons (Fsp3) is 0.250. The molecule has 1 amide bonds. The second-order valence-electron chi connectivity index (χ2n) is 8.04. The molecule has 0 spiro atoms. The molecule has 0 bridgehead atoms. The van der Waals surface area contributed by atoms with Gasteiger partial charge in [0.15, 0.2) is 0 Å². The lowest BCUT2D eigenvalue weighted by atomic mass is 9.75. The number of benzene rings is 2. The van der Waals surface area contributed by atoms with Gasteiger partial charge in [0.2, 0.25) is 5.91 Å². The molecule has 1 aliphatic rings. The number of allylic oxidation sites excluding steroid dienone is 1. The maximum absolute atomic E-state index is 13.4. The number of aliphatic imine (C=N–C) groups is 1. The number of carbonyl (C=O) groups is 2. The molecule has 0 saturated carbocycles. The maximum atomic E-state index is 13.4. The third-order valence-corrected chi connectivity index (χ3v) is 5.65. The van der Waals surface area contributed by atoms with Crippen LogP contribution in [0, 0.1) is 28.6 Å². The average molecular weight is 467 g/mol. The van der Waals surface area contributed by atoms with Crippen molar-refractivity contribution >= 4 is 23.7 Å². The van der Waals surface area contributed by atoms with E-state index in [-0.39, 0.29) is 25.5 Å². The Labute approximate surface area is 205 Å². The van der Waals surface area contributed by atoms with Crippen LogP contribution in [-0.4, -0.2) is 30.7 Å². The molecule has 2 atom stereocenters. The van der Waals surface area contributed by atoms with Gasteiger partial charge in [0.05, 0.1) is 24.1 Å². The van der Waals surface area contributed by atoms with Gasteiger partial charge in [0, 0.05) is 29.4 Å². The molecule has 0 fully saturated rings. The van der Waals surface area contributed by atoms with Crippen molar-refractivity contribution in [2.24, 2.45) is 10.9 Å². The molecule has 1 heterocycles. The quantitative estimate of drug-likeness (QED) is 0.460. The van der Waals surface area contributed by atoms with Gasteiger partial charge in [-0.2, -0.15) is 10.5 Å². The minimum atomic E-state index is -0.855. The molecule has 2 aromatic rings. The topological polar surface area (TPSA) is 115 Å². The van der Waals surface area contributed by atoms with E-state index in [0.717, 1.165) is 5.56 Å². The van der Waals surface area contributed by atoms with Crippen molar-refractivity contribution < 1.29 is 14.3 Å². The average Bonchev–Trinajstić information content (AvgIpc) is 2.86. The molecule has 2 unspecified atom stereocenters. The van der Waals surface area contributed by atoms with Gasteiger partial charge in [-0.25, -0.2) is 0 Å². The van der Waals surface area contributed by atoms with Gasteiger partial charge in [-0.15, -0.1) is 0 Å². The minimum Gasteiger partial charge on any atom is -0.464 e. The summed E-state index contributed by atoms with van der Waals surface area (Å²) in [6, 6.07) is 20.6. The van der Waals surface area contributed by atoms with Crippen LogP contribution >= 0.6 is 0 Å². The van der Waals surface area contributed by atoms with Crippen LogP contribution in [0.1, 0.15) is 42.9 Å². The normalized spacial score (nSPS) is 17.3. The Kier molecular flexibility index (Phi) is 8.70. The first-order valence-electron chi connectivity index (χ1n) is 11.3. The van der Waals surface area contributed by atoms with Crippen LogP contribution in [0.25, 0.3) is 6.08 Å². The van der Waals surface area contributed by atoms with E-state index in [9.17, 15) is 14.9 Å². The Morgan fingerprint density at radius 3 is 2.60 bits per heavy atom. The summed E-state index contributed by atoms with van der Waals surface area (Å²) in [5, 5.41) is 21.1. The molecule has 1 aliphatic heterocycles. The van der Waals surface area contributed by atoms with Crippen molar-refractivity contribution in [3.8, 4) is 12.1 Å². The summed E-state index contributed by atoms with van der Waals surface area (Å²) in [7, 11) is 0. The summed E-state index contributed by atoms with van der Waals surface area (Å²) >= 11 is 0. The Bertz CT molecular complexity index is 1260. The van der Waals surface area contributed by atoms with Crippen LogP contribution in [0.3, 0.4) is 0 Å². The van der Waals surface area contributed by atoms with Gasteiger partial charge in [0.1, 0.15) is 12.5 Å². The van der Waals surface area contributed by atoms with E-state index in [4.69, 9.17) is 10.00 Å². The van der Waals surface area contributed by atoms with E-state index >= 15 is 0 Å². The number of ether oxygens (including phenoxy) is 1.